The van der Waals surface area contributed by atoms with E-state index in [1.165, 1.54) is 70.1 Å². The molecule has 2 spiro atoms. The molecule has 0 N–H and O–H groups in total. The summed E-state index contributed by atoms with van der Waals surface area (Å²) in [6, 6.07) is 0. The van der Waals surface area contributed by atoms with E-state index in [9.17, 15) is 0 Å². The third kappa shape index (κ3) is 2.25. The summed E-state index contributed by atoms with van der Waals surface area (Å²) in [7, 11) is 0. The minimum Gasteiger partial charge on any atom is -0.0654 e. The molecule has 0 unspecified atom stereocenters. The van der Waals surface area contributed by atoms with Gasteiger partial charge in [0.25, 0.3) is 0 Å². The Morgan fingerprint density at radius 3 is 1.61 bits per heavy atom. The highest BCUT2D eigenvalue weighted by Crippen LogP contribution is 3.01. The monoisotopic (exact) mass is 382 g/mol. The van der Waals surface area contributed by atoms with Gasteiger partial charge in [-0.05, 0) is 90.8 Å². The summed E-state index contributed by atoms with van der Waals surface area (Å²) < 4.78 is 0. The van der Waals surface area contributed by atoms with E-state index in [2.05, 4.69) is 6.92 Å². The maximum atomic E-state index is 2.32. The second-order valence-corrected chi connectivity index (χ2v) is 13.3. The topological polar surface area (TPSA) is 0 Å². The molecule has 12 saturated carbocycles. The second kappa shape index (κ2) is 6.26. The molecule has 0 aromatic rings. The first-order chi connectivity index (χ1) is 13.6. The van der Waals surface area contributed by atoms with Crippen molar-refractivity contribution in [3.8, 4) is 0 Å². The van der Waals surface area contributed by atoms with E-state index >= 15 is 0 Å². The fraction of sp³-hybridized carbons (Fsp3) is 1.00. The summed E-state index contributed by atoms with van der Waals surface area (Å²) in [6.45, 7) is 2.32. The zero-order valence-corrected chi connectivity index (χ0v) is 18.9. The van der Waals surface area contributed by atoms with Gasteiger partial charge in [0.05, 0.1) is 0 Å². The van der Waals surface area contributed by atoms with Crippen molar-refractivity contribution in [2.75, 3.05) is 0 Å². The summed E-state index contributed by atoms with van der Waals surface area (Å²) >= 11 is 0. The molecule has 0 atom stereocenters. The minimum absolute atomic E-state index is 0.866. The molecule has 0 radical (unpaired) electrons. The van der Waals surface area contributed by atoms with E-state index in [1.807, 2.05) is 0 Å². The summed E-state index contributed by atoms with van der Waals surface area (Å²) in [5, 5.41) is 0. The highest BCUT2D eigenvalue weighted by Gasteiger charge is 2.92. The summed E-state index contributed by atoms with van der Waals surface area (Å²) in [5.74, 6) is 1.20. The van der Waals surface area contributed by atoms with Crippen molar-refractivity contribution in [3.05, 3.63) is 0 Å². The Balaban J connectivity index is 0.896. The molecular formula is C28H46. The van der Waals surface area contributed by atoms with Crippen LogP contribution in [-0.2, 0) is 0 Å². The third-order valence-corrected chi connectivity index (χ3v) is 11.8. The fourth-order valence-electron chi connectivity index (χ4n) is 11.1. The maximum Gasteiger partial charge on any atom is -0.0170 e. The smallest absolute Gasteiger partial charge is 0.0170 e. The van der Waals surface area contributed by atoms with Gasteiger partial charge in [0, 0.05) is 0 Å². The predicted octanol–water partition coefficient (Wildman–Crippen LogP) is 8.83. The Bertz CT molecular complexity index is 584. The van der Waals surface area contributed by atoms with Gasteiger partial charge in [-0.1, -0.05) is 84.0 Å². The number of unbranched alkanes of at least 4 members (excludes halogenated alkanes) is 11. The molecule has 12 aliphatic carbocycles. The van der Waals surface area contributed by atoms with E-state index in [0.717, 1.165) is 27.1 Å². The van der Waals surface area contributed by atoms with Crippen LogP contribution in [-0.4, -0.2) is 0 Å². The Kier molecular flexibility index (Phi) is 4.19. The van der Waals surface area contributed by atoms with Gasteiger partial charge in [0.15, 0.2) is 0 Å². The number of hydrogen-bond acceptors (Lipinski definition) is 0. The molecule has 6 bridgehead atoms. The summed E-state index contributed by atoms with van der Waals surface area (Å²) in [4.78, 5) is 0. The zero-order chi connectivity index (χ0) is 18.9. The first-order valence-electron chi connectivity index (χ1n) is 13.6. The molecule has 0 aromatic carbocycles. The van der Waals surface area contributed by atoms with Crippen LogP contribution in [0.2, 0.25) is 0 Å². The molecule has 0 heteroatoms. The van der Waals surface area contributed by atoms with Gasteiger partial charge in [0.2, 0.25) is 0 Å². The van der Waals surface area contributed by atoms with Crippen molar-refractivity contribution in [1.82, 2.24) is 0 Å². The fourth-order valence-corrected chi connectivity index (χ4v) is 11.1. The Morgan fingerprint density at radius 1 is 0.571 bits per heavy atom. The summed E-state index contributed by atoms with van der Waals surface area (Å²) in [5.41, 5.74) is 4.48. The lowest BCUT2D eigenvalue weighted by molar-refractivity contribution is -0.107. The first-order valence-corrected chi connectivity index (χ1v) is 13.6. The van der Waals surface area contributed by atoms with Gasteiger partial charge >= 0.3 is 0 Å². The molecule has 12 aliphatic rings. The van der Waals surface area contributed by atoms with Crippen molar-refractivity contribution >= 4 is 0 Å². The van der Waals surface area contributed by atoms with Crippen LogP contribution in [0, 0.1) is 33.0 Å². The third-order valence-electron chi connectivity index (χ3n) is 11.8. The molecule has 28 heavy (non-hydrogen) atoms. The van der Waals surface area contributed by atoms with Crippen LogP contribution in [0.3, 0.4) is 0 Å². The van der Waals surface area contributed by atoms with Gasteiger partial charge in [-0.3, -0.25) is 0 Å². The molecule has 12 fully saturated rings. The molecule has 0 amide bonds. The largest absolute Gasteiger partial charge is 0.0654 e. The van der Waals surface area contributed by atoms with Gasteiger partial charge in [-0.25, -0.2) is 0 Å². The van der Waals surface area contributed by atoms with Crippen LogP contribution in [0.4, 0.5) is 0 Å². The normalized spacial score (nSPS) is 50.7. The second-order valence-electron chi connectivity index (χ2n) is 13.3. The van der Waals surface area contributed by atoms with Crippen molar-refractivity contribution in [2.45, 2.75) is 142 Å². The van der Waals surface area contributed by atoms with E-state index in [0.29, 0.717) is 0 Å². The molecular weight excluding hydrogens is 336 g/mol. The first kappa shape index (κ1) is 18.7. The van der Waals surface area contributed by atoms with Gasteiger partial charge in [-0.2, -0.15) is 0 Å². The average molecular weight is 383 g/mol. The van der Waals surface area contributed by atoms with Crippen LogP contribution in [0.25, 0.3) is 0 Å². The van der Waals surface area contributed by atoms with E-state index in [-0.39, 0.29) is 0 Å². The quantitative estimate of drug-likeness (QED) is 0.263. The maximum absolute atomic E-state index is 2.32. The Morgan fingerprint density at radius 2 is 1.11 bits per heavy atom. The zero-order valence-electron chi connectivity index (χ0n) is 18.9. The highest BCUT2D eigenvalue weighted by atomic mass is 15.0. The van der Waals surface area contributed by atoms with Crippen molar-refractivity contribution < 1.29 is 0 Å². The molecule has 0 saturated heterocycles. The van der Waals surface area contributed by atoms with E-state index in [1.54, 1.807) is 70.6 Å². The summed E-state index contributed by atoms with van der Waals surface area (Å²) in [6.07, 6.45) is 33.1. The van der Waals surface area contributed by atoms with Crippen molar-refractivity contribution in [1.29, 1.82) is 0 Å². The average Bonchev–Trinajstić information content (AvgIpc) is 3.36. The standard InChI is InChI=1S/C28H46/c1-2-3-4-5-6-7-8-9-10-11-12-13-14-26-17-25(18-26)21-28(26,22-25)27-19-24(20-27)15-23(27)16-24/h23H,2-22H2,1H3. The molecule has 0 aromatic heterocycles. The van der Waals surface area contributed by atoms with Gasteiger partial charge in [0.1, 0.15) is 0 Å². The van der Waals surface area contributed by atoms with Crippen LogP contribution in [0.15, 0.2) is 0 Å². The Hall–Kier alpha value is 0. The molecule has 0 heterocycles. The molecule has 12 rings (SSSR count). The Labute approximate surface area is 175 Å². The molecule has 0 aliphatic heterocycles. The number of hydrogen-bond donors (Lipinski definition) is 0. The minimum atomic E-state index is 0.866. The predicted molar refractivity (Wildman–Crippen MR) is 118 cm³/mol. The van der Waals surface area contributed by atoms with Crippen LogP contribution in [0.1, 0.15) is 142 Å². The lowest BCUT2D eigenvalue weighted by atomic mass is 9.45. The van der Waals surface area contributed by atoms with Crippen molar-refractivity contribution in [3.63, 3.8) is 0 Å². The van der Waals surface area contributed by atoms with Crippen LogP contribution >= 0.6 is 0 Å². The van der Waals surface area contributed by atoms with Gasteiger partial charge < -0.3 is 0 Å². The van der Waals surface area contributed by atoms with Crippen molar-refractivity contribution in [2.24, 2.45) is 33.0 Å². The van der Waals surface area contributed by atoms with E-state index in [4.69, 9.17) is 0 Å². The molecule has 0 nitrogen and oxygen atoms in total. The van der Waals surface area contributed by atoms with Crippen LogP contribution < -0.4 is 0 Å². The number of rotatable bonds is 14. The highest BCUT2D eigenvalue weighted by molar-refractivity contribution is 5.41. The lowest BCUT2D eigenvalue weighted by Crippen LogP contribution is -2.52. The van der Waals surface area contributed by atoms with Crippen LogP contribution in [0.5, 0.6) is 0 Å². The lowest BCUT2D eigenvalue weighted by Gasteiger charge is -2.59. The van der Waals surface area contributed by atoms with E-state index < -0.39 is 0 Å². The molecule has 158 valence electrons. The van der Waals surface area contributed by atoms with Gasteiger partial charge in [-0.15, -0.1) is 0 Å². The SMILES string of the molecule is CCCCCCCCCCCCCCC12CC3(C1)CC2(C12CC4(CC1C4)C2)C3.